The van der Waals surface area contributed by atoms with Crippen LogP contribution in [0, 0.1) is 13.8 Å². The highest BCUT2D eigenvalue weighted by atomic mass is 16.6. The summed E-state index contributed by atoms with van der Waals surface area (Å²) in [7, 11) is 1.35. The van der Waals surface area contributed by atoms with Gasteiger partial charge in [0.2, 0.25) is 5.96 Å². The minimum absolute atomic E-state index is 0.101. The Bertz CT molecular complexity index is 423. The largest absolute Gasteiger partial charge is 0.396 e. The summed E-state index contributed by atoms with van der Waals surface area (Å²) < 4.78 is 0. The lowest BCUT2D eigenvalue weighted by atomic mass is 10.1. The van der Waals surface area contributed by atoms with Crippen molar-refractivity contribution in [2.24, 2.45) is 10.9 Å². The van der Waals surface area contributed by atoms with Crippen LogP contribution in [-0.4, -0.2) is 19.1 Å². The molecule has 1 aromatic carbocycles. The quantitative estimate of drug-likeness (QED) is 0.411. The summed E-state index contributed by atoms with van der Waals surface area (Å²) in [5.74, 6) is -0.101. The van der Waals surface area contributed by atoms with Crippen LogP contribution in [0.2, 0.25) is 0 Å². The molecule has 0 unspecified atom stereocenters. The number of anilines is 1. The molecule has 6 heteroatoms. The molecule has 0 aliphatic heterocycles. The Hall–Kier alpha value is -2.24. The van der Waals surface area contributed by atoms with Crippen LogP contribution in [0.4, 0.5) is 10.5 Å². The number of oxime groups is 1. The second-order valence-corrected chi connectivity index (χ2v) is 3.51. The van der Waals surface area contributed by atoms with E-state index in [0.29, 0.717) is 0 Å². The average molecular weight is 236 g/mol. The summed E-state index contributed by atoms with van der Waals surface area (Å²) >= 11 is 0. The molecule has 17 heavy (non-hydrogen) atoms. The number of carbonyl (C=O) groups is 1. The fourth-order valence-electron chi connectivity index (χ4n) is 1.39. The molecule has 0 aromatic heterocycles. The number of para-hydroxylation sites is 1. The Balaban J connectivity index is 2.72. The number of guanidine groups is 1. The molecule has 0 atom stereocenters. The van der Waals surface area contributed by atoms with E-state index in [1.807, 2.05) is 32.0 Å². The summed E-state index contributed by atoms with van der Waals surface area (Å²) in [6, 6.07) is 5.29. The lowest BCUT2D eigenvalue weighted by Crippen LogP contribution is -2.39. The average Bonchev–Trinajstić information content (AvgIpc) is 2.24. The standard InChI is InChI=1S/C11H16N4O2/c1-7-5-4-6-8(2)9(7)13-11(16)14-10(12)15-17-3/h4-6H,1-3H3,(H4,12,13,14,15,16). The maximum Gasteiger partial charge on any atom is 0.326 e. The first-order chi connectivity index (χ1) is 8.04. The third kappa shape index (κ3) is 3.67. The van der Waals surface area contributed by atoms with Gasteiger partial charge in [-0.1, -0.05) is 18.2 Å². The summed E-state index contributed by atoms with van der Waals surface area (Å²) in [5.41, 5.74) is 8.08. The van der Waals surface area contributed by atoms with Gasteiger partial charge in [-0.05, 0) is 30.1 Å². The lowest BCUT2D eigenvalue weighted by molar-refractivity contribution is 0.211. The predicted octanol–water partition coefficient (Wildman–Crippen LogP) is 1.30. The molecule has 92 valence electrons. The highest BCUT2D eigenvalue weighted by Gasteiger charge is 2.07. The molecule has 0 fully saturated rings. The fourth-order valence-corrected chi connectivity index (χ4v) is 1.39. The molecular formula is C11H16N4O2. The first kappa shape index (κ1) is 12.8. The maximum atomic E-state index is 11.6. The van der Waals surface area contributed by atoms with Crippen LogP contribution in [-0.2, 0) is 4.84 Å². The van der Waals surface area contributed by atoms with Crippen LogP contribution >= 0.6 is 0 Å². The van der Waals surface area contributed by atoms with Gasteiger partial charge in [0.15, 0.2) is 0 Å². The molecule has 0 saturated heterocycles. The van der Waals surface area contributed by atoms with Gasteiger partial charge in [-0.15, -0.1) is 0 Å². The van der Waals surface area contributed by atoms with E-state index in [1.165, 1.54) is 7.11 Å². The third-order valence-corrected chi connectivity index (χ3v) is 2.15. The molecule has 0 spiro atoms. The minimum atomic E-state index is -0.458. The molecule has 1 rings (SSSR count). The Morgan fingerprint density at radius 2 is 1.94 bits per heavy atom. The van der Waals surface area contributed by atoms with Gasteiger partial charge in [0.05, 0.1) is 0 Å². The first-order valence-corrected chi connectivity index (χ1v) is 5.05. The van der Waals surface area contributed by atoms with Gasteiger partial charge in [0, 0.05) is 5.69 Å². The Morgan fingerprint density at radius 1 is 1.35 bits per heavy atom. The molecule has 0 radical (unpaired) electrons. The summed E-state index contributed by atoms with van der Waals surface area (Å²) in [5, 5.41) is 8.41. The number of nitrogens with one attached hydrogen (secondary N) is 2. The van der Waals surface area contributed by atoms with Gasteiger partial charge in [-0.25, -0.2) is 4.79 Å². The number of benzene rings is 1. The molecule has 0 bridgehead atoms. The van der Waals surface area contributed by atoms with Crippen molar-refractivity contribution < 1.29 is 9.63 Å². The molecule has 4 N–H and O–H groups in total. The van der Waals surface area contributed by atoms with Gasteiger partial charge in [0.25, 0.3) is 0 Å². The summed E-state index contributed by atoms with van der Waals surface area (Å²) in [6.07, 6.45) is 0. The van der Waals surface area contributed by atoms with Crippen molar-refractivity contribution in [2.45, 2.75) is 13.8 Å². The van der Waals surface area contributed by atoms with Gasteiger partial charge < -0.3 is 15.9 Å². The van der Waals surface area contributed by atoms with E-state index < -0.39 is 6.03 Å². The number of amides is 2. The number of nitrogens with two attached hydrogens (primary N) is 1. The van der Waals surface area contributed by atoms with Gasteiger partial charge in [-0.3, -0.25) is 5.32 Å². The van der Waals surface area contributed by atoms with E-state index >= 15 is 0 Å². The van der Waals surface area contributed by atoms with Crippen molar-refractivity contribution in [2.75, 3.05) is 12.4 Å². The zero-order chi connectivity index (χ0) is 12.8. The molecule has 2 amide bonds. The molecular weight excluding hydrogens is 220 g/mol. The molecule has 0 aliphatic rings. The second-order valence-electron chi connectivity index (χ2n) is 3.51. The highest BCUT2D eigenvalue weighted by Crippen LogP contribution is 2.18. The molecule has 6 nitrogen and oxygen atoms in total. The summed E-state index contributed by atoms with van der Waals surface area (Å²) in [6.45, 7) is 3.82. The molecule has 1 aromatic rings. The Kier molecular flexibility index (Phi) is 4.33. The number of rotatable bonds is 2. The number of hydrogen-bond donors (Lipinski definition) is 3. The van der Waals surface area contributed by atoms with Crippen LogP contribution in [0.15, 0.2) is 23.4 Å². The topological polar surface area (TPSA) is 88.7 Å². The second kappa shape index (κ2) is 5.74. The van der Waals surface area contributed by atoms with Crippen LogP contribution in [0.3, 0.4) is 0 Å². The maximum absolute atomic E-state index is 11.6. The van der Waals surface area contributed by atoms with Crippen LogP contribution in [0.5, 0.6) is 0 Å². The van der Waals surface area contributed by atoms with Crippen molar-refractivity contribution in [3.05, 3.63) is 29.3 Å². The minimum Gasteiger partial charge on any atom is -0.396 e. The van der Waals surface area contributed by atoms with Gasteiger partial charge >= 0.3 is 6.03 Å². The molecule has 0 aliphatic carbocycles. The van der Waals surface area contributed by atoms with Crippen molar-refractivity contribution >= 4 is 17.7 Å². The Labute approximate surface area is 99.8 Å². The van der Waals surface area contributed by atoms with E-state index in [0.717, 1.165) is 16.8 Å². The van der Waals surface area contributed by atoms with Crippen LogP contribution in [0.1, 0.15) is 11.1 Å². The van der Waals surface area contributed by atoms with Crippen molar-refractivity contribution in [1.29, 1.82) is 0 Å². The van der Waals surface area contributed by atoms with Gasteiger partial charge in [0.1, 0.15) is 7.11 Å². The zero-order valence-electron chi connectivity index (χ0n) is 10.1. The molecule has 0 saturated carbocycles. The Morgan fingerprint density at radius 3 is 2.47 bits per heavy atom. The van der Waals surface area contributed by atoms with Crippen LogP contribution in [0.25, 0.3) is 0 Å². The summed E-state index contributed by atoms with van der Waals surface area (Å²) in [4.78, 5) is 16.0. The highest BCUT2D eigenvalue weighted by molar-refractivity contribution is 6.02. The van der Waals surface area contributed by atoms with E-state index in [-0.39, 0.29) is 5.96 Å². The number of aryl methyl sites for hydroxylation is 2. The third-order valence-electron chi connectivity index (χ3n) is 2.15. The first-order valence-electron chi connectivity index (χ1n) is 5.05. The van der Waals surface area contributed by atoms with Gasteiger partial charge in [-0.2, -0.15) is 0 Å². The smallest absolute Gasteiger partial charge is 0.326 e. The zero-order valence-corrected chi connectivity index (χ0v) is 10.1. The monoisotopic (exact) mass is 236 g/mol. The number of carbonyl (C=O) groups excluding carboxylic acids is 1. The number of nitrogens with zero attached hydrogens (tertiary/aromatic N) is 1. The lowest BCUT2D eigenvalue weighted by Gasteiger charge is -2.11. The number of urea groups is 1. The molecule has 0 heterocycles. The van der Waals surface area contributed by atoms with Crippen molar-refractivity contribution in [1.82, 2.24) is 5.32 Å². The van der Waals surface area contributed by atoms with Crippen molar-refractivity contribution in [3.8, 4) is 0 Å². The van der Waals surface area contributed by atoms with Crippen molar-refractivity contribution in [3.63, 3.8) is 0 Å². The van der Waals surface area contributed by atoms with E-state index in [9.17, 15) is 4.79 Å². The van der Waals surface area contributed by atoms with E-state index in [1.54, 1.807) is 0 Å². The van der Waals surface area contributed by atoms with Crippen LogP contribution < -0.4 is 16.4 Å². The van der Waals surface area contributed by atoms with E-state index in [4.69, 9.17) is 5.73 Å². The SMILES string of the molecule is CON=C(N)NC(=O)Nc1c(C)cccc1C. The van der Waals surface area contributed by atoms with E-state index in [2.05, 4.69) is 20.6 Å². The predicted molar refractivity (Wildman–Crippen MR) is 66.7 cm³/mol. The normalized spacial score (nSPS) is 10.9. The fraction of sp³-hybridized carbons (Fsp3) is 0.273. The number of hydrogen-bond acceptors (Lipinski definition) is 3.